The zero-order valence-electron chi connectivity index (χ0n) is 9.44. The Balaban J connectivity index is 2.33. The highest BCUT2D eigenvalue weighted by Gasteiger charge is 2.36. The summed E-state index contributed by atoms with van der Waals surface area (Å²) in [5.41, 5.74) is 0.828. The number of aliphatic carboxylic acids is 1. The summed E-state index contributed by atoms with van der Waals surface area (Å²) in [5, 5.41) is 9.06. The summed E-state index contributed by atoms with van der Waals surface area (Å²) < 4.78 is 37.3. The summed E-state index contributed by atoms with van der Waals surface area (Å²) in [6.07, 6.45) is -4.09. The molecule has 18 heavy (non-hydrogen) atoms. The summed E-state index contributed by atoms with van der Waals surface area (Å²) in [5.74, 6) is -1.71. The van der Waals surface area contributed by atoms with Crippen molar-refractivity contribution >= 4 is 11.7 Å². The quantitative estimate of drug-likeness (QED) is 0.887. The van der Waals surface area contributed by atoms with Crippen LogP contribution in [0.2, 0.25) is 0 Å². The zero-order chi connectivity index (χ0) is 13.3. The SMILES string of the molecule is O=C(O)C1CCN(CC(F)(F)F)c2ccccc21. The third kappa shape index (κ3) is 2.57. The standard InChI is InChI=1S/C12H12F3NO2/c13-12(14,15)7-16-6-5-9(11(17)18)8-3-1-2-4-10(8)16/h1-4,9H,5-7H2,(H,17,18). The minimum atomic E-state index is -4.29. The first kappa shape index (κ1) is 12.7. The van der Waals surface area contributed by atoms with E-state index in [1.165, 1.54) is 11.0 Å². The van der Waals surface area contributed by atoms with Crippen molar-refractivity contribution in [3.8, 4) is 0 Å². The van der Waals surface area contributed by atoms with Crippen LogP contribution in [0.25, 0.3) is 0 Å². The molecule has 0 aliphatic carbocycles. The lowest BCUT2D eigenvalue weighted by molar-refractivity contribution is -0.139. The third-order valence-corrected chi connectivity index (χ3v) is 3.01. The fourth-order valence-electron chi connectivity index (χ4n) is 2.27. The van der Waals surface area contributed by atoms with Gasteiger partial charge >= 0.3 is 12.1 Å². The Hall–Kier alpha value is -1.72. The molecular weight excluding hydrogens is 247 g/mol. The van der Waals surface area contributed by atoms with Crippen LogP contribution in [0.5, 0.6) is 0 Å². The molecule has 1 aliphatic rings. The monoisotopic (exact) mass is 259 g/mol. The number of rotatable bonds is 2. The maximum absolute atomic E-state index is 12.4. The average Bonchev–Trinajstić information content (AvgIpc) is 2.27. The number of carboxylic acids is 1. The Morgan fingerprint density at radius 1 is 1.39 bits per heavy atom. The van der Waals surface area contributed by atoms with Gasteiger partial charge < -0.3 is 10.0 Å². The van der Waals surface area contributed by atoms with Crippen molar-refractivity contribution in [2.45, 2.75) is 18.5 Å². The highest BCUT2D eigenvalue weighted by molar-refractivity contribution is 5.80. The molecule has 1 atom stereocenters. The van der Waals surface area contributed by atoms with Crippen molar-refractivity contribution in [2.75, 3.05) is 18.0 Å². The number of carbonyl (C=O) groups is 1. The molecule has 1 aliphatic heterocycles. The van der Waals surface area contributed by atoms with Gasteiger partial charge in [-0.25, -0.2) is 0 Å². The lowest BCUT2D eigenvalue weighted by Crippen LogP contribution is -2.39. The van der Waals surface area contributed by atoms with Gasteiger partial charge in [-0.3, -0.25) is 4.79 Å². The Labute approximate surface area is 102 Å². The number of anilines is 1. The van der Waals surface area contributed by atoms with Gasteiger partial charge in [-0.05, 0) is 18.1 Å². The van der Waals surface area contributed by atoms with Crippen LogP contribution in [-0.2, 0) is 4.79 Å². The van der Waals surface area contributed by atoms with Gasteiger partial charge in [0.05, 0.1) is 5.92 Å². The van der Waals surface area contributed by atoms with Crippen molar-refractivity contribution < 1.29 is 23.1 Å². The van der Waals surface area contributed by atoms with E-state index >= 15 is 0 Å². The predicted octanol–water partition coefficient (Wildman–Crippen LogP) is 2.63. The van der Waals surface area contributed by atoms with Crippen molar-refractivity contribution in [2.24, 2.45) is 0 Å². The molecule has 1 aromatic carbocycles. The van der Waals surface area contributed by atoms with Crippen LogP contribution >= 0.6 is 0 Å². The molecule has 6 heteroatoms. The fourth-order valence-corrected chi connectivity index (χ4v) is 2.27. The van der Waals surface area contributed by atoms with E-state index in [1.807, 2.05) is 0 Å². The number of hydrogen-bond acceptors (Lipinski definition) is 2. The lowest BCUT2D eigenvalue weighted by Gasteiger charge is -2.34. The highest BCUT2D eigenvalue weighted by atomic mass is 19.4. The molecular formula is C12H12F3NO2. The number of nitrogens with zero attached hydrogens (tertiary/aromatic N) is 1. The summed E-state index contributed by atoms with van der Waals surface area (Å²) in [7, 11) is 0. The maximum atomic E-state index is 12.4. The Morgan fingerprint density at radius 2 is 2.06 bits per heavy atom. The van der Waals surface area contributed by atoms with Crippen molar-refractivity contribution in [1.82, 2.24) is 0 Å². The third-order valence-electron chi connectivity index (χ3n) is 3.01. The van der Waals surface area contributed by atoms with Gasteiger partial charge in [-0.2, -0.15) is 13.2 Å². The molecule has 0 spiro atoms. The number of benzene rings is 1. The molecule has 0 saturated heterocycles. The highest BCUT2D eigenvalue weighted by Crippen LogP contribution is 2.36. The van der Waals surface area contributed by atoms with Crippen LogP contribution in [0, 0.1) is 0 Å². The van der Waals surface area contributed by atoms with E-state index in [-0.39, 0.29) is 13.0 Å². The van der Waals surface area contributed by atoms with E-state index in [0.717, 1.165) is 0 Å². The van der Waals surface area contributed by atoms with E-state index in [1.54, 1.807) is 18.2 Å². The van der Waals surface area contributed by atoms with Gasteiger partial charge in [0, 0.05) is 12.2 Å². The topological polar surface area (TPSA) is 40.5 Å². The smallest absolute Gasteiger partial charge is 0.405 e. The number of hydrogen-bond donors (Lipinski definition) is 1. The molecule has 2 rings (SSSR count). The van der Waals surface area contributed by atoms with Gasteiger partial charge in [0.1, 0.15) is 6.54 Å². The van der Waals surface area contributed by atoms with E-state index in [9.17, 15) is 18.0 Å². The molecule has 0 aromatic heterocycles. The number of alkyl halides is 3. The van der Waals surface area contributed by atoms with Gasteiger partial charge in [0.15, 0.2) is 0 Å². The van der Waals surface area contributed by atoms with Crippen LogP contribution in [0.3, 0.4) is 0 Å². The predicted molar refractivity (Wildman–Crippen MR) is 59.7 cm³/mol. The van der Waals surface area contributed by atoms with E-state index in [0.29, 0.717) is 11.3 Å². The second-order valence-corrected chi connectivity index (χ2v) is 4.28. The number of halogens is 3. The molecule has 0 bridgehead atoms. The summed E-state index contributed by atoms with van der Waals surface area (Å²) in [6, 6.07) is 6.38. The first-order valence-corrected chi connectivity index (χ1v) is 5.52. The summed E-state index contributed by atoms with van der Waals surface area (Å²) in [4.78, 5) is 12.3. The summed E-state index contributed by atoms with van der Waals surface area (Å²) in [6.45, 7) is -0.941. The molecule has 1 N–H and O–H groups in total. The van der Waals surface area contributed by atoms with Crippen molar-refractivity contribution in [1.29, 1.82) is 0 Å². The molecule has 0 amide bonds. The molecule has 3 nitrogen and oxygen atoms in total. The van der Waals surface area contributed by atoms with Crippen molar-refractivity contribution in [3.05, 3.63) is 29.8 Å². The van der Waals surface area contributed by atoms with Crippen LogP contribution in [0.1, 0.15) is 17.9 Å². The van der Waals surface area contributed by atoms with Crippen LogP contribution < -0.4 is 4.90 Å². The van der Waals surface area contributed by atoms with Gasteiger partial charge in [0.2, 0.25) is 0 Å². The van der Waals surface area contributed by atoms with E-state index in [4.69, 9.17) is 5.11 Å². The van der Waals surface area contributed by atoms with Crippen LogP contribution in [-0.4, -0.2) is 30.3 Å². The largest absolute Gasteiger partial charge is 0.481 e. The summed E-state index contributed by atoms with van der Waals surface area (Å²) >= 11 is 0. The van der Waals surface area contributed by atoms with E-state index in [2.05, 4.69) is 0 Å². The lowest BCUT2D eigenvalue weighted by atomic mass is 9.90. The Morgan fingerprint density at radius 3 is 2.67 bits per heavy atom. The Bertz CT molecular complexity index is 459. The van der Waals surface area contributed by atoms with Crippen molar-refractivity contribution in [3.63, 3.8) is 0 Å². The molecule has 0 saturated carbocycles. The molecule has 0 radical (unpaired) electrons. The van der Waals surface area contributed by atoms with Crippen LogP contribution in [0.15, 0.2) is 24.3 Å². The molecule has 0 fully saturated rings. The first-order valence-electron chi connectivity index (χ1n) is 5.52. The van der Waals surface area contributed by atoms with Crippen LogP contribution in [0.4, 0.5) is 18.9 Å². The first-order chi connectivity index (χ1) is 8.38. The number of para-hydroxylation sites is 1. The second kappa shape index (κ2) is 4.51. The molecule has 1 aromatic rings. The van der Waals surface area contributed by atoms with Gasteiger partial charge in [-0.1, -0.05) is 18.2 Å². The molecule has 1 heterocycles. The van der Waals surface area contributed by atoms with Gasteiger partial charge in [0.25, 0.3) is 0 Å². The maximum Gasteiger partial charge on any atom is 0.405 e. The second-order valence-electron chi connectivity index (χ2n) is 4.28. The van der Waals surface area contributed by atoms with Gasteiger partial charge in [-0.15, -0.1) is 0 Å². The molecule has 98 valence electrons. The minimum absolute atomic E-state index is 0.105. The van der Waals surface area contributed by atoms with E-state index < -0.39 is 24.6 Å². The zero-order valence-corrected chi connectivity index (χ0v) is 9.44. The number of carboxylic acid groups (broad SMARTS) is 1. The normalized spacial score (nSPS) is 19.5. The average molecular weight is 259 g/mol. The number of fused-ring (bicyclic) bond motifs is 1. The fraction of sp³-hybridized carbons (Fsp3) is 0.417. The Kier molecular flexibility index (Phi) is 3.19. The molecule has 1 unspecified atom stereocenters. The minimum Gasteiger partial charge on any atom is -0.481 e.